The number of hydrogen-bond acceptors (Lipinski definition) is 4. The third-order valence-corrected chi connectivity index (χ3v) is 2.17. The van der Waals surface area contributed by atoms with Crippen LogP contribution in [0.15, 0.2) is 36.5 Å². The van der Waals surface area contributed by atoms with Crippen molar-refractivity contribution >= 4 is 11.9 Å². The van der Waals surface area contributed by atoms with Gasteiger partial charge in [-0.05, 0) is 25.5 Å². The Morgan fingerprint density at radius 3 is 2.83 bits per heavy atom. The maximum absolute atomic E-state index is 11.6. The summed E-state index contributed by atoms with van der Waals surface area (Å²) >= 11 is 0. The average Bonchev–Trinajstić information content (AvgIpc) is 2.39. The molecule has 0 aliphatic heterocycles. The van der Waals surface area contributed by atoms with Crippen molar-refractivity contribution in [1.82, 2.24) is 10.3 Å². The molecule has 18 heavy (non-hydrogen) atoms. The molecule has 1 heterocycles. The number of carbonyl (C=O) groups excluding carboxylic acids is 2. The highest BCUT2D eigenvalue weighted by Gasteiger charge is 2.09. The monoisotopic (exact) mass is 248 g/mol. The highest BCUT2D eigenvalue weighted by Crippen LogP contribution is 2.00. The van der Waals surface area contributed by atoms with Gasteiger partial charge in [0.25, 0.3) is 5.91 Å². The van der Waals surface area contributed by atoms with Gasteiger partial charge in [-0.15, -0.1) is 0 Å². The molecule has 1 aromatic heterocycles. The van der Waals surface area contributed by atoms with Gasteiger partial charge in [0.2, 0.25) is 0 Å². The molecule has 0 fully saturated rings. The molecule has 0 unspecified atom stereocenters. The number of hydrogen-bond donors (Lipinski definition) is 1. The van der Waals surface area contributed by atoms with Crippen LogP contribution in [0.25, 0.3) is 0 Å². The van der Waals surface area contributed by atoms with Gasteiger partial charge in [-0.25, -0.2) is 4.79 Å². The summed E-state index contributed by atoms with van der Waals surface area (Å²) in [5, 5.41) is 2.66. The molecule has 0 saturated heterocycles. The molecular formula is C13H16N2O3. The lowest BCUT2D eigenvalue weighted by Gasteiger charge is -2.06. The van der Waals surface area contributed by atoms with Crippen LogP contribution in [0.3, 0.4) is 0 Å². The van der Waals surface area contributed by atoms with E-state index in [0.717, 1.165) is 0 Å². The zero-order chi connectivity index (χ0) is 13.4. The molecule has 0 atom stereocenters. The fourth-order valence-electron chi connectivity index (χ4n) is 1.25. The predicted octanol–water partition coefficient (Wildman–Crippen LogP) is 1.32. The van der Waals surface area contributed by atoms with Crippen molar-refractivity contribution in [3.05, 3.63) is 42.2 Å². The van der Waals surface area contributed by atoms with Crippen molar-refractivity contribution < 1.29 is 14.3 Å². The smallest absolute Gasteiger partial charge is 0.333 e. The molecule has 0 bridgehead atoms. The first kappa shape index (κ1) is 13.9. The van der Waals surface area contributed by atoms with E-state index in [-0.39, 0.29) is 5.91 Å². The molecule has 0 aliphatic rings. The molecule has 1 aromatic rings. The second-order valence-electron chi connectivity index (χ2n) is 3.54. The summed E-state index contributed by atoms with van der Waals surface area (Å²) in [5.41, 5.74) is 0.692. The minimum absolute atomic E-state index is 0.271. The summed E-state index contributed by atoms with van der Waals surface area (Å²) in [6, 6.07) is 5.09. The average molecular weight is 248 g/mol. The van der Waals surface area contributed by atoms with Gasteiger partial charge < -0.3 is 10.1 Å². The first-order valence-electron chi connectivity index (χ1n) is 5.69. The number of pyridine rings is 1. The van der Waals surface area contributed by atoms with Gasteiger partial charge in [-0.1, -0.05) is 12.6 Å². The highest BCUT2D eigenvalue weighted by molar-refractivity contribution is 5.92. The van der Waals surface area contributed by atoms with Gasteiger partial charge in [0.15, 0.2) is 0 Å². The summed E-state index contributed by atoms with van der Waals surface area (Å²) in [6.07, 6.45) is 1.91. The number of nitrogens with one attached hydrogen (secondary N) is 1. The van der Waals surface area contributed by atoms with E-state index < -0.39 is 5.97 Å². The van der Waals surface area contributed by atoms with Crippen LogP contribution in [0.1, 0.15) is 23.8 Å². The fourth-order valence-corrected chi connectivity index (χ4v) is 1.25. The van der Waals surface area contributed by atoms with Crippen LogP contribution in [0.5, 0.6) is 0 Å². The number of aromatic nitrogens is 1. The Balaban J connectivity index is 2.32. The maximum Gasteiger partial charge on any atom is 0.333 e. The van der Waals surface area contributed by atoms with Crippen molar-refractivity contribution in [1.29, 1.82) is 0 Å². The van der Waals surface area contributed by atoms with Crippen LogP contribution in [0.2, 0.25) is 0 Å². The van der Waals surface area contributed by atoms with Crippen LogP contribution >= 0.6 is 0 Å². The Labute approximate surface area is 106 Å². The first-order valence-corrected chi connectivity index (χ1v) is 5.69. The van der Waals surface area contributed by atoms with E-state index in [4.69, 9.17) is 4.74 Å². The molecule has 5 heteroatoms. The summed E-state index contributed by atoms with van der Waals surface area (Å²) < 4.78 is 4.78. The Morgan fingerprint density at radius 1 is 1.44 bits per heavy atom. The lowest BCUT2D eigenvalue weighted by molar-refractivity contribution is -0.138. The van der Waals surface area contributed by atoms with Crippen LogP contribution < -0.4 is 5.32 Å². The van der Waals surface area contributed by atoms with Gasteiger partial charge in [-0.2, -0.15) is 0 Å². The molecule has 1 rings (SSSR count). The third-order valence-electron chi connectivity index (χ3n) is 2.17. The van der Waals surface area contributed by atoms with Crippen molar-refractivity contribution in [3.63, 3.8) is 0 Å². The number of rotatable bonds is 6. The Morgan fingerprint density at radius 2 is 2.22 bits per heavy atom. The lowest BCUT2D eigenvalue weighted by Crippen LogP contribution is -2.26. The molecule has 1 N–H and O–H groups in total. The number of ether oxygens (including phenoxy) is 1. The van der Waals surface area contributed by atoms with Crippen LogP contribution in [0.4, 0.5) is 0 Å². The largest absolute Gasteiger partial charge is 0.463 e. The molecule has 0 aromatic carbocycles. The number of esters is 1. The Bertz CT molecular complexity index is 429. The molecule has 1 amide bonds. The SMILES string of the molecule is C=C(CCNC(=O)c1ccccn1)C(=O)OCC. The van der Waals surface area contributed by atoms with Gasteiger partial charge >= 0.3 is 5.97 Å². The molecule has 5 nitrogen and oxygen atoms in total. The van der Waals surface area contributed by atoms with Crippen molar-refractivity contribution in [3.8, 4) is 0 Å². The van der Waals surface area contributed by atoms with E-state index in [2.05, 4.69) is 16.9 Å². The maximum atomic E-state index is 11.6. The molecule has 0 saturated carbocycles. The zero-order valence-corrected chi connectivity index (χ0v) is 10.3. The highest BCUT2D eigenvalue weighted by atomic mass is 16.5. The lowest BCUT2D eigenvalue weighted by atomic mass is 10.2. The predicted molar refractivity (Wildman–Crippen MR) is 67.0 cm³/mol. The second kappa shape index (κ2) is 7.21. The van der Waals surface area contributed by atoms with E-state index in [1.807, 2.05) is 0 Å². The number of amides is 1. The minimum atomic E-state index is -0.426. The van der Waals surface area contributed by atoms with E-state index in [1.54, 1.807) is 31.3 Å². The van der Waals surface area contributed by atoms with Crippen molar-refractivity contribution in [2.45, 2.75) is 13.3 Å². The zero-order valence-electron chi connectivity index (χ0n) is 10.3. The van der Waals surface area contributed by atoms with Crippen molar-refractivity contribution in [2.24, 2.45) is 0 Å². The second-order valence-corrected chi connectivity index (χ2v) is 3.54. The molecular weight excluding hydrogens is 232 g/mol. The third kappa shape index (κ3) is 4.37. The quantitative estimate of drug-likeness (QED) is 0.609. The van der Waals surface area contributed by atoms with E-state index in [0.29, 0.717) is 30.8 Å². The number of nitrogens with zero attached hydrogens (tertiary/aromatic N) is 1. The molecule has 0 spiro atoms. The summed E-state index contributed by atoms with van der Waals surface area (Å²) in [6.45, 7) is 5.98. The molecule has 96 valence electrons. The summed E-state index contributed by atoms with van der Waals surface area (Å²) in [5.74, 6) is -0.697. The first-order chi connectivity index (χ1) is 8.65. The summed E-state index contributed by atoms with van der Waals surface area (Å²) in [4.78, 5) is 26.8. The van der Waals surface area contributed by atoms with Crippen LogP contribution in [-0.4, -0.2) is 30.0 Å². The topological polar surface area (TPSA) is 68.3 Å². The summed E-state index contributed by atoms with van der Waals surface area (Å²) in [7, 11) is 0. The fraction of sp³-hybridized carbons (Fsp3) is 0.308. The van der Waals surface area contributed by atoms with Gasteiger partial charge in [0.1, 0.15) is 5.69 Å². The van der Waals surface area contributed by atoms with Crippen LogP contribution in [0, 0.1) is 0 Å². The normalized spacial score (nSPS) is 9.61. The Hall–Kier alpha value is -2.17. The molecule has 0 aliphatic carbocycles. The molecule has 0 radical (unpaired) electrons. The van der Waals surface area contributed by atoms with Gasteiger partial charge in [0.05, 0.1) is 6.61 Å². The minimum Gasteiger partial charge on any atom is -0.463 e. The van der Waals surface area contributed by atoms with E-state index in [9.17, 15) is 9.59 Å². The van der Waals surface area contributed by atoms with E-state index in [1.165, 1.54) is 0 Å². The van der Waals surface area contributed by atoms with Crippen molar-refractivity contribution in [2.75, 3.05) is 13.2 Å². The number of carbonyl (C=O) groups is 2. The Kier molecular flexibility index (Phi) is 5.57. The van der Waals surface area contributed by atoms with Gasteiger partial charge in [-0.3, -0.25) is 9.78 Å². The van der Waals surface area contributed by atoms with E-state index >= 15 is 0 Å². The van der Waals surface area contributed by atoms with Crippen LogP contribution in [-0.2, 0) is 9.53 Å². The standard InChI is InChI=1S/C13H16N2O3/c1-3-18-13(17)10(2)7-9-15-12(16)11-6-4-5-8-14-11/h4-6,8H,2-3,7,9H2,1H3,(H,15,16). The van der Waals surface area contributed by atoms with Gasteiger partial charge in [0, 0.05) is 18.3 Å².